The Balaban J connectivity index is 1.54. The molecule has 1 aromatic carbocycles. The third-order valence-electron chi connectivity index (χ3n) is 6.41. The third kappa shape index (κ3) is 4.78. The van der Waals surface area contributed by atoms with Crippen LogP contribution in [0.3, 0.4) is 0 Å². The number of fused-ring (bicyclic) bond motifs is 2. The van der Waals surface area contributed by atoms with E-state index in [1.807, 2.05) is 18.2 Å². The van der Waals surface area contributed by atoms with E-state index >= 15 is 0 Å². The van der Waals surface area contributed by atoms with Crippen LogP contribution in [-0.2, 0) is 29.5 Å². The predicted octanol–water partition coefficient (Wildman–Crippen LogP) is 3.61. The normalized spacial score (nSPS) is 18.3. The number of aliphatic hydroxyl groups excluding tert-OH is 1. The van der Waals surface area contributed by atoms with Gasteiger partial charge >= 0.3 is 0 Å². The van der Waals surface area contributed by atoms with Crippen LogP contribution >= 0.6 is 0 Å². The van der Waals surface area contributed by atoms with Crippen molar-refractivity contribution >= 4 is 26.5 Å². The second-order valence-electron chi connectivity index (χ2n) is 9.94. The van der Waals surface area contributed by atoms with Gasteiger partial charge < -0.3 is 10.4 Å². The van der Waals surface area contributed by atoms with Gasteiger partial charge in [-0.05, 0) is 74.9 Å². The summed E-state index contributed by atoms with van der Waals surface area (Å²) in [5.74, 6) is 0.384. The molecule has 1 fully saturated rings. The molecule has 1 atom stereocenters. The van der Waals surface area contributed by atoms with E-state index in [4.69, 9.17) is 0 Å². The first-order valence-electron chi connectivity index (χ1n) is 11.6. The highest BCUT2D eigenvalue weighted by Gasteiger charge is 2.33. The van der Waals surface area contributed by atoms with Crippen molar-refractivity contribution in [1.29, 1.82) is 0 Å². The van der Waals surface area contributed by atoms with Crippen molar-refractivity contribution < 1.29 is 17.9 Å². The molecule has 0 aliphatic heterocycles. The Morgan fingerprint density at radius 3 is 2.59 bits per heavy atom. The largest absolute Gasteiger partial charge is 0.390 e. The third-order valence-corrected chi connectivity index (χ3v) is 7.94. The molecule has 2 heterocycles. The SMILES string of the molecule is CC(C)(F)CNS(=O)(=O)c1c2c(cc3cnc(C4CC4)cc13)C[C@@H](Nc1ccc(CO)nc1)C2. The quantitative estimate of drug-likeness (QED) is 0.451. The van der Waals surface area contributed by atoms with Crippen LogP contribution in [0.2, 0.25) is 0 Å². The number of anilines is 1. The van der Waals surface area contributed by atoms with Crippen LogP contribution < -0.4 is 10.0 Å². The summed E-state index contributed by atoms with van der Waals surface area (Å²) in [6.07, 6.45) is 6.72. The highest BCUT2D eigenvalue weighted by atomic mass is 32.2. The zero-order valence-corrected chi connectivity index (χ0v) is 20.1. The maximum Gasteiger partial charge on any atom is 0.241 e. The molecular formula is C25H29FN4O3S. The number of hydrogen-bond acceptors (Lipinski definition) is 6. The lowest BCUT2D eigenvalue weighted by Gasteiger charge is -2.18. The smallest absolute Gasteiger partial charge is 0.241 e. The number of hydrogen-bond donors (Lipinski definition) is 3. The van der Waals surface area contributed by atoms with E-state index in [0.717, 1.165) is 40.7 Å². The fourth-order valence-electron chi connectivity index (χ4n) is 4.56. The zero-order valence-electron chi connectivity index (χ0n) is 19.3. The fraction of sp³-hybridized carbons (Fsp3) is 0.440. The molecule has 0 radical (unpaired) electrons. The summed E-state index contributed by atoms with van der Waals surface area (Å²) in [4.78, 5) is 9.04. The Labute approximate surface area is 198 Å². The Kier molecular flexibility index (Phi) is 5.82. The number of halogens is 1. The van der Waals surface area contributed by atoms with Crippen LogP contribution in [0.1, 0.15) is 55.1 Å². The van der Waals surface area contributed by atoms with E-state index < -0.39 is 15.7 Å². The number of nitrogens with zero attached hydrogens (tertiary/aromatic N) is 2. The van der Waals surface area contributed by atoms with Crippen molar-refractivity contribution in [3.63, 3.8) is 0 Å². The van der Waals surface area contributed by atoms with Crippen LogP contribution in [0.15, 0.2) is 41.6 Å². The summed E-state index contributed by atoms with van der Waals surface area (Å²) in [6.45, 7) is 2.29. The van der Waals surface area contributed by atoms with Gasteiger partial charge in [0.1, 0.15) is 5.67 Å². The van der Waals surface area contributed by atoms with E-state index in [1.54, 1.807) is 18.5 Å². The van der Waals surface area contributed by atoms with Crippen molar-refractivity contribution in [2.24, 2.45) is 0 Å². The topological polar surface area (TPSA) is 104 Å². The van der Waals surface area contributed by atoms with Gasteiger partial charge in [-0.2, -0.15) is 0 Å². The van der Waals surface area contributed by atoms with Gasteiger partial charge in [0.15, 0.2) is 0 Å². The maximum atomic E-state index is 14.2. The molecule has 0 amide bonds. The molecule has 2 aliphatic carbocycles. The summed E-state index contributed by atoms with van der Waals surface area (Å²) in [7, 11) is -3.96. The molecule has 1 saturated carbocycles. The first kappa shape index (κ1) is 23.1. The van der Waals surface area contributed by atoms with E-state index in [0.29, 0.717) is 29.8 Å². The second kappa shape index (κ2) is 8.55. The maximum absolute atomic E-state index is 14.2. The molecule has 3 aromatic rings. The Bertz CT molecular complexity index is 1330. The second-order valence-corrected chi connectivity index (χ2v) is 11.6. The lowest BCUT2D eigenvalue weighted by Crippen LogP contribution is -2.36. The molecule has 3 N–H and O–H groups in total. The van der Waals surface area contributed by atoms with E-state index in [2.05, 4.69) is 20.0 Å². The van der Waals surface area contributed by atoms with Crippen LogP contribution in [-0.4, -0.2) is 41.7 Å². The number of alkyl halides is 1. The highest BCUT2D eigenvalue weighted by molar-refractivity contribution is 7.89. The number of aromatic nitrogens is 2. The number of benzene rings is 1. The Morgan fingerprint density at radius 1 is 1.15 bits per heavy atom. The molecule has 0 spiro atoms. The van der Waals surface area contributed by atoms with Crippen molar-refractivity contribution in [3.05, 3.63) is 59.2 Å². The number of pyridine rings is 2. The summed E-state index contributed by atoms with van der Waals surface area (Å²) in [5.41, 5.74) is 2.35. The van der Waals surface area contributed by atoms with Gasteiger partial charge in [0.25, 0.3) is 0 Å². The minimum Gasteiger partial charge on any atom is -0.390 e. The average Bonchev–Trinajstić information content (AvgIpc) is 3.56. The van der Waals surface area contributed by atoms with Gasteiger partial charge in [-0.3, -0.25) is 9.97 Å². The minimum absolute atomic E-state index is 0.0176. The number of rotatable bonds is 8. The number of sulfonamides is 1. The number of nitrogens with one attached hydrogen (secondary N) is 2. The summed E-state index contributed by atoms with van der Waals surface area (Å²) < 4.78 is 43.8. The van der Waals surface area contributed by atoms with Crippen molar-refractivity contribution in [2.75, 3.05) is 11.9 Å². The molecule has 0 saturated heterocycles. The molecule has 2 aromatic heterocycles. The molecule has 0 bridgehead atoms. The van der Waals surface area contributed by atoms with Crippen molar-refractivity contribution in [3.8, 4) is 0 Å². The van der Waals surface area contributed by atoms with Gasteiger partial charge in [-0.1, -0.05) is 0 Å². The number of aliphatic hydroxyl groups is 1. The van der Waals surface area contributed by atoms with E-state index in [1.165, 1.54) is 13.8 Å². The van der Waals surface area contributed by atoms with Gasteiger partial charge in [-0.15, -0.1) is 0 Å². The lowest BCUT2D eigenvalue weighted by molar-refractivity contribution is 0.221. The van der Waals surface area contributed by atoms with Crippen LogP contribution in [0, 0.1) is 0 Å². The van der Waals surface area contributed by atoms with Crippen LogP contribution in [0.25, 0.3) is 10.8 Å². The van der Waals surface area contributed by atoms with Crippen LogP contribution in [0.5, 0.6) is 0 Å². The summed E-state index contributed by atoms with van der Waals surface area (Å²) >= 11 is 0. The minimum atomic E-state index is -3.96. The standard InChI is InChI=1S/C25H29FN4O3S/c1-25(2,26)14-29-34(32,33)24-21-9-20(30-18-5-6-19(13-31)27-12-18)8-16(21)7-17-11-28-23(10-22(17)24)15-3-4-15/h5-7,10-12,15,20,29-31H,3-4,8-9,13-14H2,1-2H3/t20-/m1/s1. The van der Waals surface area contributed by atoms with Gasteiger partial charge in [0, 0.05) is 41.2 Å². The Hall–Kier alpha value is -2.62. The van der Waals surface area contributed by atoms with E-state index in [-0.39, 0.29) is 24.1 Å². The molecule has 180 valence electrons. The molecule has 7 nitrogen and oxygen atoms in total. The lowest BCUT2D eigenvalue weighted by atomic mass is 10.0. The molecular weight excluding hydrogens is 455 g/mol. The average molecular weight is 485 g/mol. The zero-order chi connectivity index (χ0) is 24.1. The predicted molar refractivity (Wildman–Crippen MR) is 129 cm³/mol. The van der Waals surface area contributed by atoms with Crippen LogP contribution in [0.4, 0.5) is 10.1 Å². The first-order chi connectivity index (χ1) is 16.1. The fourth-order valence-corrected chi connectivity index (χ4v) is 6.24. The Morgan fingerprint density at radius 2 is 1.94 bits per heavy atom. The first-order valence-corrected chi connectivity index (χ1v) is 13.1. The van der Waals surface area contributed by atoms with Gasteiger partial charge in [0.2, 0.25) is 10.0 Å². The van der Waals surface area contributed by atoms with Gasteiger partial charge in [0.05, 0.1) is 29.1 Å². The summed E-state index contributed by atoms with van der Waals surface area (Å²) in [6, 6.07) is 7.52. The highest BCUT2D eigenvalue weighted by Crippen LogP contribution is 2.42. The van der Waals surface area contributed by atoms with Gasteiger partial charge in [-0.25, -0.2) is 17.5 Å². The molecule has 34 heavy (non-hydrogen) atoms. The summed E-state index contributed by atoms with van der Waals surface area (Å²) in [5, 5.41) is 14.1. The molecule has 0 unspecified atom stereocenters. The van der Waals surface area contributed by atoms with E-state index in [9.17, 15) is 17.9 Å². The molecule has 2 aliphatic rings. The van der Waals surface area contributed by atoms with Crippen molar-refractivity contribution in [1.82, 2.24) is 14.7 Å². The van der Waals surface area contributed by atoms with Crippen molar-refractivity contribution in [2.45, 2.75) is 68.7 Å². The molecule has 5 rings (SSSR count). The molecule has 9 heteroatoms. The monoisotopic (exact) mass is 484 g/mol.